The number of rotatable bonds is 5. The lowest BCUT2D eigenvalue weighted by Gasteiger charge is -2.36. The molecule has 1 saturated heterocycles. The molecule has 1 atom stereocenters. The van der Waals surface area contributed by atoms with Gasteiger partial charge in [-0.05, 0) is 6.92 Å². The maximum atomic E-state index is 11.1. The zero-order chi connectivity index (χ0) is 12.8. The Labute approximate surface area is 102 Å². The third-order valence-corrected chi connectivity index (χ3v) is 3.25. The van der Waals surface area contributed by atoms with Crippen LogP contribution >= 0.6 is 0 Å². The number of piperazine rings is 1. The molecule has 0 saturated carbocycles. The molecule has 1 aliphatic rings. The van der Waals surface area contributed by atoms with Gasteiger partial charge in [0, 0.05) is 46.2 Å². The van der Waals surface area contributed by atoms with Crippen molar-refractivity contribution in [1.82, 2.24) is 15.1 Å². The van der Waals surface area contributed by atoms with Crippen LogP contribution in [0.5, 0.6) is 0 Å². The maximum Gasteiger partial charge on any atom is 0.320 e. The largest absolute Gasteiger partial charge is 0.480 e. The summed E-state index contributed by atoms with van der Waals surface area (Å²) in [6.45, 7) is 5.61. The first-order chi connectivity index (χ1) is 8.04. The Morgan fingerprint density at radius 3 is 2.35 bits per heavy atom. The van der Waals surface area contributed by atoms with Crippen molar-refractivity contribution in [2.75, 3.05) is 39.8 Å². The fraction of sp³-hybridized carbons (Fsp3) is 0.818. The predicted octanol–water partition coefficient (Wildman–Crippen LogP) is -0.787. The molecule has 0 aromatic rings. The van der Waals surface area contributed by atoms with Gasteiger partial charge < -0.3 is 15.3 Å². The van der Waals surface area contributed by atoms with E-state index in [1.165, 1.54) is 0 Å². The number of hydrogen-bond acceptors (Lipinski definition) is 4. The van der Waals surface area contributed by atoms with Crippen LogP contribution in [-0.4, -0.2) is 72.6 Å². The van der Waals surface area contributed by atoms with Crippen LogP contribution in [0.25, 0.3) is 0 Å². The molecule has 0 radical (unpaired) electrons. The molecular formula is C11H21N3O3. The molecule has 1 rings (SSSR count). The van der Waals surface area contributed by atoms with Crippen LogP contribution in [0.2, 0.25) is 0 Å². The summed E-state index contributed by atoms with van der Waals surface area (Å²) >= 11 is 0. The summed E-state index contributed by atoms with van der Waals surface area (Å²) in [7, 11) is 1.63. The van der Waals surface area contributed by atoms with Gasteiger partial charge in [-0.3, -0.25) is 14.5 Å². The van der Waals surface area contributed by atoms with Gasteiger partial charge in [0.1, 0.15) is 6.04 Å². The van der Waals surface area contributed by atoms with Gasteiger partial charge in [0.15, 0.2) is 0 Å². The van der Waals surface area contributed by atoms with E-state index in [9.17, 15) is 9.59 Å². The Hall–Kier alpha value is -1.14. The molecule has 0 spiro atoms. The minimum absolute atomic E-state index is 0.0475. The third-order valence-electron chi connectivity index (χ3n) is 3.25. The van der Waals surface area contributed by atoms with Crippen molar-refractivity contribution in [1.29, 1.82) is 0 Å². The number of carboxylic acids is 1. The van der Waals surface area contributed by atoms with Gasteiger partial charge in [-0.25, -0.2) is 0 Å². The topological polar surface area (TPSA) is 72.9 Å². The Bertz CT molecular complexity index is 275. The summed E-state index contributed by atoms with van der Waals surface area (Å²) in [5.74, 6) is -0.727. The average Bonchev–Trinajstić information content (AvgIpc) is 2.35. The normalized spacial score (nSPS) is 19.9. The first-order valence-electron chi connectivity index (χ1n) is 5.94. The van der Waals surface area contributed by atoms with E-state index in [1.807, 2.05) is 4.90 Å². The van der Waals surface area contributed by atoms with Crippen molar-refractivity contribution in [2.45, 2.75) is 19.4 Å². The molecule has 0 aliphatic carbocycles. The molecule has 1 fully saturated rings. The second kappa shape index (κ2) is 6.56. The molecule has 1 aliphatic heterocycles. The maximum absolute atomic E-state index is 11.1. The predicted molar refractivity (Wildman–Crippen MR) is 63.8 cm³/mol. The molecule has 98 valence electrons. The van der Waals surface area contributed by atoms with Gasteiger partial charge in [-0.2, -0.15) is 0 Å². The highest BCUT2D eigenvalue weighted by atomic mass is 16.4. The van der Waals surface area contributed by atoms with Crippen LogP contribution < -0.4 is 5.32 Å². The zero-order valence-corrected chi connectivity index (χ0v) is 10.5. The Morgan fingerprint density at radius 1 is 1.29 bits per heavy atom. The van der Waals surface area contributed by atoms with E-state index in [1.54, 1.807) is 14.0 Å². The minimum Gasteiger partial charge on any atom is -0.480 e. The van der Waals surface area contributed by atoms with Crippen LogP contribution in [-0.2, 0) is 9.59 Å². The van der Waals surface area contributed by atoms with Crippen molar-refractivity contribution in [3.63, 3.8) is 0 Å². The van der Waals surface area contributed by atoms with Crippen LogP contribution in [0.3, 0.4) is 0 Å². The molecule has 0 aromatic heterocycles. The number of carbonyl (C=O) groups is 2. The van der Waals surface area contributed by atoms with Crippen molar-refractivity contribution >= 4 is 11.9 Å². The summed E-state index contributed by atoms with van der Waals surface area (Å²) in [6, 6.07) is -0.420. The van der Waals surface area contributed by atoms with E-state index in [0.717, 1.165) is 32.7 Å². The lowest BCUT2D eigenvalue weighted by atomic mass is 10.2. The minimum atomic E-state index is -0.774. The quantitative estimate of drug-likeness (QED) is 0.662. The highest BCUT2D eigenvalue weighted by Gasteiger charge is 2.24. The Kier molecular flexibility index (Phi) is 5.37. The number of nitrogens with one attached hydrogen (secondary N) is 1. The molecule has 6 heteroatoms. The van der Waals surface area contributed by atoms with Crippen molar-refractivity contribution in [3.8, 4) is 0 Å². The highest BCUT2D eigenvalue weighted by Crippen LogP contribution is 2.06. The molecule has 2 N–H and O–H groups in total. The van der Waals surface area contributed by atoms with Gasteiger partial charge in [-0.15, -0.1) is 0 Å². The fourth-order valence-electron chi connectivity index (χ4n) is 1.92. The summed E-state index contributed by atoms with van der Waals surface area (Å²) in [6.07, 6.45) is 0.505. The van der Waals surface area contributed by atoms with E-state index >= 15 is 0 Å². The monoisotopic (exact) mass is 243 g/mol. The average molecular weight is 243 g/mol. The number of amides is 1. The smallest absolute Gasteiger partial charge is 0.320 e. The summed E-state index contributed by atoms with van der Waals surface area (Å²) in [5.41, 5.74) is 0. The number of carbonyl (C=O) groups excluding carboxylic acids is 1. The molecule has 1 unspecified atom stereocenters. The molecule has 1 heterocycles. The molecular weight excluding hydrogens is 222 g/mol. The third kappa shape index (κ3) is 4.32. The van der Waals surface area contributed by atoms with Crippen molar-refractivity contribution in [3.05, 3.63) is 0 Å². The SMILES string of the molecule is CNC(=O)CCN1CCN(C(C)C(=O)O)CC1. The zero-order valence-electron chi connectivity index (χ0n) is 10.5. The van der Waals surface area contributed by atoms with Gasteiger partial charge in [0.25, 0.3) is 0 Å². The van der Waals surface area contributed by atoms with E-state index in [2.05, 4.69) is 10.2 Å². The number of hydrogen-bond donors (Lipinski definition) is 2. The first kappa shape index (κ1) is 13.9. The highest BCUT2D eigenvalue weighted by molar-refractivity contribution is 5.75. The number of aliphatic carboxylic acids is 1. The summed E-state index contributed by atoms with van der Waals surface area (Å²) < 4.78 is 0. The molecule has 0 bridgehead atoms. The second-order valence-electron chi connectivity index (χ2n) is 4.31. The van der Waals surface area contributed by atoms with E-state index in [-0.39, 0.29) is 5.91 Å². The Morgan fingerprint density at radius 2 is 1.88 bits per heavy atom. The first-order valence-corrected chi connectivity index (χ1v) is 5.94. The van der Waals surface area contributed by atoms with E-state index in [4.69, 9.17) is 5.11 Å². The van der Waals surface area contributed by atoms with E-state index < -0.39 is 12.0 Å². The van der Waals surface area contributed by atoms with Crippen LogP contribution in [0, 0.1) is 0 Å². The standard InChI is InChI=1S/C11H21N3O3/c1-9(11(16)17)14-7-5-13(6-8-14)4-3-10(15)12-2/h9H,3-8H2,1-2H3,(H,12,15)(H,16,17). The second-order valence-corrected chi connectivity index (χ2v) is 4.31. The molecule has 0 aromatic carbocycles. The van der Waals surface area contributed by atoms with Gasteiger partial charge in [0.2, 0.25) is 5.91 Å². The molecule has 1 amide bonds. The summed E-state index contributed by atoms with van der Waals surface area (Å²) in [4.78, 5) is 26.1. The Balaban J connectivity index is 2.26. The molecule has 17 heavy (non-hydrogen) atoms. The van der Waals surface area contributed by atoms with Crippen molar-refractivity contribution < 1.29 is 14.7 Å². The lowest BCUT2D eigenvalue weighted by molar-refractivity contribution is -0.143. The summed E-state index contributed by atoms with van der Waals surface area (Å²) in [5, 5.41) is 11.5. The number of carboxylic acid groups (broad SMARTS) is 1. The number of nitrogens with zero attached hydrogens (tertiary/aromatic N) is 2. The van der Waals surface area contributed by atoms with Gasteiger partial charge >= 0.3 is 5.97 Å². The van der Waals surface area contributed by atoms with Gasteiger partial charge in [0.05, 0.1) is 0 Å². The fourth-order valence-corrected chi connectivity index (χ4v) is 1.92. The van der Waals surface area contributed by atoms with E-state index in [0.29, 0.717) is 6.42 Å². The lowest BCUT2D eigenvalue weighted by Crippen LogP contribution is -2.52. The van der Waals surface area contributed by atoms with Gasteiger partial charge in [-0.1, -0.05) is 0 Å². The molecule has 6 nitrogen and oxygen atoms in total. The van der Waals surface area contributed by atoms with Crippen molar-refractivity contribution in [2.24, 2.45) is 0 Å². The van der Waals surface area contributed by atoms with Crippen LogP contribution in [0.4, 0.5) is 0 Å². The van der Waals surface area contributed by atoms with Crippen LogP contribution in [0.15, 0.2) is 0 Å². The van der Waals surface area contributed by atoms with Crippen LogP contribution in [0.1, 0.15) is 13.3 Å².